The topological polar surface area (TPSA) is 24.5 Å². The number of hydrogen-bond donors (Lipinski definition) is 1. The molecular formula is C15H24N2O. The molecule has 2 rings (SSSR count). The van der Waals surface area contributed by atoms with E-state index in [2.05, 4.69) is 41.4 Å². The summed E-state index contributed by atoms with van der Waals surface area (Å²) >= 11 is 0. The number of hydrogen-bond acceptors (Lipinski definition) is 3. The fraction of sp³-hybridized carbons (Fsp3) is 0.600. The van der Waals surface area contributed by atoms with Crippen LogP contribution in [0.4, 0.5) is 0 Å². The number of nitrogens with one attached hydrogen (secondary N) is 1. The summed E-state index contributed by atoms with van der Waals surface area (Å²) in [7, 11) is 1.78. The molecule has 0 aromatic heterocycles. The highest BCUT2D eigenvalue weighted by atomic mass is 16.5. The second-order valence-electron chi connectivity index (χ2n) is 4.92. The molecule has 100 valence electrons. The first-order valence-electron chi connectivity index (χ1n) is 6.85. The maximum atomic E-state index is 5.45. The summed E-state index contributed by atoms with van der Waals surface area (Å²) in [4.78, 5) is 2.53. The van der Waals surface area contributed by atoms with E-state index in [-0.39, 0.29) is 6.10 Å². The predicted octanol–water partition coefficient (Wildman–Crippen LogP) is 1.84. The average molecular weight is 248 g/mol. The SMILES string of the molecule is COC(C)c1ccccc1CCN1CCNCC1. The van der Waals surface area contributed by atoms with Crippen LogP contribution >= 0.6 is 0 Å². The molecule has 1 fully saturated rings. The molecule has 0 amide bonds. The quantitative estimate of drug-likeness (QED) is 0.860. The lowest BCUT2D eigenvalue weighted by molar-refractivity contribution is 0.118. The number of benzene rings is 1. The smallest absolute Gasteiger partial charge is 0.0795 e. The Morgan fingerprint density at radius 3 is 2.72 bits per heavy atom. The fourth-order valence-corrected chi connectivity index (χ4v) is 2.50. The van der Waals surface area contributed by atoms with Gasteiger partial charge in [-0.05, 0) is 24.5 Å². The number of rotatable bonds is 5. The number of piperazine rings is 1. The minimum atomic E-state index is 0.184. The van der Waals surface area contributed by atoms with Crippen molar-refractivity contribution in [1.29, 1.82) is 0 Å². The number of ether oxygens (including phenoxy) is 1. The maximum absolute atomic E-state index is 5.45. The van der Waals surface area contributed by atoms with E-state index in [4.69, 9.17) is 4.74 Å². The van der Waals surface area contributed by atoms with E-state index in [1.165, 1.54) is 24.2 Å². The molecule has 18 heavy (non-hydrogen) atoms. The van der Waals surface area contributed by atoms with Gasteiger partial charge in [-0.3, -0.25) is 0 Å². The fourth-order valence-electron chi connectivity index (χ4n) is 2.50. The van der Waals surface area contributed by atoms with Crippen molar-refractivity contribution in [1.82, 2.24) is 10.2 Å². The van der Waals surface area contributed by atoms with Crippen LogP contribution in [0.3, 0.4) is 0 Å². The highest BCUT2D eigenvalue weighted by Gasteiger charge is 2.12. The standard InChI is InChI=1S/C15H24N2O/c1-13(18-2)15-6-4-3-5-14(15)7-10-17-11-8-16-9-12-17/h3-6,13,16H,7-12H2,1-2H3. The maximum Gasteiger partial charge on any atom is 0.0795 e. The van der Waals surface area contributed by atoms with Crippen LogP contribution in [0.15, 0.2) is 24.3 Å². The van der Waals surface area contributed by atoms with Crippen LogP contribution < -0.4 is 5.32 Å². The second kappa shape index (κ2) is 6.88. The van der Waals surface area contributed by atoms with Gasteiger partial charge in [0.2, 0.25) is 0 Å². The van der Waals surface area contributed by atoms with Gasteiger partial charge in [0.05, 0.1) is 6.10 Å². The van der Waals surface area contributed by atoms with Gasteiger partial charge in [-0.1, -0.05) is 24.3 Å². The molecule has 0 bridgehead atoms. The van der Waals surface area contributed by atoms with Gasteiger partial charge < -0.3 is 15.0 Å². The Kier molecular flexibility index (Phi) is 5.17. The predicted molar refractivity (Wildman–Crippen MR) is 74.9 cm³/mol. The van der Waals surface area contributed by atoms with E-state index in [0.717, 1.165) is 26.1 Å². The Labute approximate surface area is 110 Å². The van der Waals surface area contributed by atoms with Crippen molar-refractivity contribution < 1.29 is 4.74 Å². The summed E-state index contributed by atoms with van der Waals surface area (Å²) < 4.78 is 5.45. The molecule has 0 spiro atoms. The van der Waals surface area contributed by atoms with Crippen LogP contribution in [-0.4, -0.2) is 44.7 Å². The Bertz CT molecular complexity index is 361. The first-order chi connectivity index (χ1) is 8.81. The highest BCUT2D eigenvalue weighted by Crippen LogP contribution is 2.20. The second-order valence-corrected chi connectivity index (χ2v) is 4.92. The normalized spacial score (nSPS) is 18.8. The summed E-state index contributed by atoms with van der Waals surface area (Å²) in [6.45, 7) is 7.84. The van der Waals surface area contributed by atoms with Crippen molar-refractivity contribution in [2.24, 2.45) is 0 Å². The first-order valence-corrected chi connectivity index (χ1v) is 6.85. The third-order valence-corrected chi connectivity index (χ3v) is 3.75. The lowest BCUT2D eigenvalue weighted by Crippen LogP contribution is -2.44. The average Bonchev–Trinajstić information content (AvgIpc) is 2.45. The largest absolute Gasteiger partial charge is 0.377 e. The Balaban J connectivity index is 1.95. The van der Waals surface area contributed by atoms with Crippen LogP contribution in [0.1, 0.15) is 24.2 Å². The van der Waals surface area contributed by atoms with Crippen molar-refractivity contribution in [3.8, 4) is 0 Å². The molecule has 1 heterocycles. The zero-order chi connectivity index (χ0) is 12.8. The molecule has 3 heteroatoms. The molecule has 1 saturated heterocycles. The lowest BCUT2D eigenvalue weighted by atomic mass is 10.0. The van der Waals surface area contributed by atoms with Gasteiger partial charge in [-0.25, -0.2) is 0 Å². The third kappa shape index (κ3) is 3.55. The Hall–Kier alpha value is -0.900. The molecule has 1 N–H and O–H groups in total. The van der Waals surface area contributed by atoms with Crippen molar-refractivity contribution in [3.05, 3.63) is 35.4 Å². The van der Waals surface area contributed by atoms with Crippen LogP contribution in [0.5, 0.6) is 0 Å². The Morgan fingerprint density at radius 2 is 2.00 bits per heavy atom. The minimum absolute atomic E-state index is 0.184. The van der Waals surface area contributed by atoms with Crippen molar-refractivity contribution in [2.45, 2.75) is 19.4 Å². The van der Waals surface area contributed by atoms with E-state index in [0.29, 0.717) is 0 Å². The molecule has 1 aromatic rings. The van der Waals surface area contributed by atoms with Gasteiger partial charge in [0.1, 0.15) is 0 Å². The molecule has 0 saturated carbocycles. The highest BCUT2D eigenvalue weighted by molar-refractivity contribution is 5.29. The zero-order valence-electron chi connectivity index (χ0n) is 11.5. The van der Waals surface area contributed by atoms with Gasteiger partial charge in [0, 0.05) is 39.8 Å². The van der Waals surface area contributed by atoms with Crippen molar-refractivity contribution in [2.75, 3.05) is 39.8 Å². The van der Waals surface area contributed by atoms with E-state index < -0.39 is 0 Å². The monoisotopic (exact) mass is 248 g/mol. The molecule has 0 radical (unpaired) electrons. The molecule has 3 nitrogen and oxygen atoms in total. The molecular weight excluding hydrogens is 224 g/mol. The van der Waals surface area contributed by atoms with Crippen LogP contribution in [-0.2, 0) is 11.2 Å². The summed E-state index contributed by atoms with van der Waals surface area (Å²) in [6.07, 6.45) is 1.30. The van der Waals surface area contributed by atoms with Crippen LogP contribution in [0.2, 0.25) is 0 Å². The summed E-state index contributed by atoms with van der Waals surface area (Å²) in [5.41, 5.74) is 2.75. The van der Waals surface area contributed by atoms with Crippen LogP contribution in [0.25, 0.3) is 0 Å². The number of methoxy groups -OCH3 is 1. The van der Waals surface area contributed by atoms with Gasteiger partial charge in [-0.15, -0.1) is 0 Å². The van der Waals surface area contributed by atoms with Crippen molar-refractivity contribution in [3.63, 3.8) is 0 Å². The minimum Gasteiger partial charge on any atom is -0.377 e. The van der Waals surface area contributed by atoms with Crippen LogP contribution in [0, 0.1) is 0 Å². The molecule has 1 unspecified atom stereocenters. The number of nitrogens with zero attached hydrogens (tertiary/aromatic N) is 1. The Morgan fingerprint density at radius 1 is 1.28 bits per heavy atom. The van der Waals surface area contributed by atoms with E-state index in [9.17, 15) is 0 Å². The molecule has 1 aliphatic rings. The summed E-state index contributed by atoms with van der Waals surface area (Å²) in [5.74, 6) is 0. The first kappa shape index (κ1) is 13.5. The zero-order valence-corrected chi connectivity index (χ0v) is 11.5. The van der Waals surface area contributed by atoms with Gasteiger partial charge in [0.25, 0.3) is 0 Å². The van der Waals surface area contributed by atoms with E-state index in [1.54, 1.807) is 7.11 Å². The molecule has 1 aromatic carbocycles. The molecule has 1 atom stereocenters. The summed E-state index contributed by atoms with van der Waals surface area (Å²) in [6, 6.07) is 8.63. The van der Waals surface area contributed by atoms with Gasteiger partial charge >= 0.3 is 0 Å². The lowest BCUT2D eigenvalue weighted by Gasteiger charge is -2.27. The van der Waals surface area contributed by atoms with E-state index in [1.807, 2.05) is 0 Å². The molecule has 0 aliphatic carbocycles. The third-order valence-electron chi connectivity index (χ3n) is 3.75. The molecule has 1 aliphatic heterocycles. The van der Waals surface area contributed by atoms with Gasteiger partial charge in [-0.2, -0.15) is 0 Å². The van der Waals surface area contributed by atoms with E-state index >= 15 is 0 Å². The van der Waals surface area contributed by atoms with Crippen molar-refractivity contribution >= 4 is 0 Å². The van der Waals surface area contributed by atoms with Gasteiger partial charge in [0.15, 0.2) is 0 Å². The summed E-state index contributed by atoms with van der Waals surface area (Å²) in [5, 5.41) is 3.39.